The Morgan fingerprint density at radius 1 is 1.26 bits per heavy atom. The Labute approximate surface area is 136 Å². The van der Waals surface area contributed by atoms with E-state index in [1.807, 2.05) is 19.1 Å². The van der Waals surface area contributed by atoms with Gasteiger partial charge < -0.3 is 19.7 Å². The molecule has 6 heteroatoms. The van der Waals surface area contributed by atoms with Crippen LogP contribution in [0.5, 0.6) is 0 Å². The van der Waals surface area contributed by atoms with Gasteiger partial charge in [-0.15, -0.1) is 0 Å². The molecule has 0 spiro atoms. The highest BCUT2D eigenvalue weighted by Crippen LogP contribution is 2.26. The van der Waals surface area contributed by atoms with Gasteiger partial charge in [-0.25, -0.2) is 4.79 Å². The molecule has 23 heavy (non-hydrogen) atoms. The van der Waals surface area contributed by atoms with Gasteiger partial charge in [-0.3, -0.25) is 4.79 Å². The van der Waals surface area contributed by atoms with Gasteiger partial charge in [0, 0.05) is 25.2 Å². The van der Waals surface area contributed by atoms with Crippen molar-refractivity contribution in [2.24, 2.45) is 0 Å². The van der Waals surface area contributed by atoms with Crippen LogP contribution < -0.4 is 10.2 Å². The van der Waals surface area contributed by atoms with Crippen molar-refractivity contribution in [3.8, 4) is 0 Å². The Morgan fingerprint density at radius 2 is 2.00 bits per heavy atom. The zero-order valence-electron chi connectivity index (χ0n) is 13.8. The van der Waals surface area contributed by atoms with Crippen LogP contribution in [0.4, 0.5) is 11.4 Å². The minimum Gasteiger partial charge on any atom is -0.462 e. The van der Waals surface area contributed by atoms with Gasteiger partial charge in [-0.2, -0.15) is 0 Å². The lowest BCUT2D eigenvalue weighted by molar-refractivity contribution is -0.116. The fourth-order valence-corrected chi connectivity index (χ4v) is 2.52. The Bertz CT molecular complexity index is 554. The molecule has 1 amide bonds. The Hall–Kier alpha value is -2.08. The largest absolute Gasteiger partial charge is 0.462 e. The molecule has 1 aromatic rings. The molecule has 2 rings (SSSR count). The van der Waals surface area contributed by atoms with E-state index in [9.17, 15) is 9.59 Å². The number of carbonyl (C=O) groups excluding carboxylic acids is 2. The van der Waals surface area contributed by atoms with Gasteiger partial charge in [0.05, 0.1) is 31.1 Å². The molecule has 1 aliphatic rings. The molecule has 1 N–H and O–H groups in total. The van der Waals surface area contributed by atoms with Crippen LogP contribution in [0.25, 0.3) is 0 Å². The topological polar surface area (TPSA) is 67.9 Å². The summed E-state index contributed by atoms with van der Waals surface area (Å²) in [6, 6.07) is 5.37. The molecule has 1 aromatic carbocycles. The number of benzene rings is 1. The standard InChI is InChI=1S/C17H24N2O4/c1-3-5-16(20)18-13-6-7-15(19-8-10-22-11-9-19)14(12-13)17(21)23-4-2/h6-7,12H,3-5,8-11H2,1-2H3,(H,18,20). The van der Waals surface area contributed by atoms with E-state index >= 15 is 0 Å². The number of ether oxygens (including phenoxy) is 2. The summed E-state index contributed by atoms with van der Waals surface area (Å²) < 4.78 is 10.5. The lowest BCUT2D eigenvalue weighted by Crippen LogP contribution is -2.37. The summed E-state index contributed by atoms with van der Waals surface area (Å²) in [5, 5.41) is 2.82. The summed E-state index contributed by atoms with van der Waals surface area (Å²) in [6.07, 6.45) is 1.24. The maximum Gasteiger partial charge on any atom is 0.340 e. The zero-order chi connectivity index (χ0) is 16.7. The fraction of sp³-hybridized carbons (Fsp3) is 0.529. The van der Waals surface area contributed by atoms with E-state index in [0.717, 1.165) is 25.2 Å². The summed E-state index contributed by atoms with van der Waals surface area (Å²) in [6.45, 7) is 6.77. The van der Waals surface area contributed by atoms with Crippen molar-refractivity contribution in [3.63, 3.8) is 0 Å². The van der Waals surface area contributed by atoms with E-state index in [0.29, 0.717) is 37.5 Å². The average Bonchev–Trinajstić information content (AvgIpc) is 2.56. The highest BCUT2D eigenvalue weighted by Gasteiger charge is 2.20. The van der Waals surface area contributed by atoms with Crippen LogP contribution in [-0.4, -0.2) is 44.8 Å². The number of amides is 1. The number of hydrogen-bond donors (Lipinski definition) is 1. The minimum absolute atomic E-state index is 0.0542. The molecule has 1 aliphatic heterocycles. The van der Waals surface area contributed by atoms with Crippen molar-refractivity contribution in [2.75, 3.05) is 43.1 Å². The van der Waals surface area contributed by atoms with Crippen LogP contribution in [0.15, 0.2) is 18.2 Å². The maximum atomic E-state index is 12.3. The Balaban J connectivity index is 2.26. The van der Waals surface area contributed by atoms with Crippen LogP contribution in [0.1, 0.15) is 37.0 Å². The first-order chi connectivity index (χ1) is 11.2. The first-order valence-electron chi connectivity index (χ1n) is 8.09. The fourth-order valence-electron chi connectivity index (χ4n) is 2.52. The second-order valence-electron chi connectivity index (χ2n) is 5.35. The van der Waals surface area contributed by atoms with Crippen molar-refractivity contribution in [1.29, 1.82) is 0 Å². The van der Waals surface area contributed by atoms with Gasteiger partial charge in [0.25, 0.3) is 0 Å². The molecule has 0 unspecified atom stereocenters. The molecule has 0 radical (unpaired) electrons. The third kappa shape index (κ3) is 4.69. The lowest BCUT2D eigenvalue weighted by atomic mass is 10.1. The summed E-state index contributed by atoms with van der Waals surface area (Å²) in [5.41, 5.74) is 1.91. The molecular formula is C17H24N2O4. The van der Waals surface area contributed by atoms with Gasteiger partial charge in [0.2, 0.25) is 5.91 Å². The lowest BCUT2D eigenvalue weighted by Gasteiger charge is -2.30. The molecule has 0 aliphatic carbocycles. The Morgan fingerprint density at radius 3 is 2.65 bits per heavy atom. The first kappa shape index (κ1) is 17.3. The van der Waals surface area contributed by atoms with Gasteiger partial charge in [0.1, 0.15) is 0 Å². The highest BCUT2D eigenvalue weighted by atomic mass is 16.5. The van der Waals surface area contributed by atoms with Crippen molar-refractivity contribution in [3.05, 3.63) is 23.8 Å². The summed E-state index contributed by atoms with van der Waals surface area (Å²) >= 11 is 0. The number of nitrogens with zero attached hydrogens (tertiary/aromatic N) is 1. The number of rotatable bonds is 6. The number of anilines is 2. The van der Waals surface area contributed by atoms with Crippen LogP contribution >= 0.6 is 0 Å². The van der Waals surface area contributed by atoms with Crippen molar-refractivity contribution in [2.45, 2.75) is 26.7 Å². The number of esters is 1. The predicted molar refractivity (Wildman–Crippen MR) is 89.0 cm³/mol. The summed E-state index contributed by atoms with van der Waals surface area (Å²) in [7, 11) is 0. The van der Waals surface area contributed by atoms with E-state index in [4.69, 9.17) is 9.47 Å². The molecule has 0 bridgehead atoms. The average molecular weight is 320 g/mol. The number of nitrogens with one attached hydrogen (secondary N) is 1. The first-order valence-corrected chi connectivity index (χ1v) is 8.09. The maximum absolute atomic E-state index is 12.3. The highest BCUT2D eigenvalue weighted by molar-refractivity contribution is 5.99. The molecule has 0 saturated carbocycles. The van der Waals surface area contributed by atoms with Crippen LogP contribution in [0.3, 0.4) is 0 Å². The van der Waals surface area contributed by atoms with Gasteiger partial charge in [0.15, 0.2) is 0 Å². The third-order valence-electron chi connectivity index (χ3n) is 3.60. The van der Waals surface area contributed by atoms with Crippen LogP contribution in [0, 0.1) is 0 Å². The molecule has 1 fully saturated rings. The molecule has 1 heterocycles. The molecule has 0 aromatic heterocycles. The van der Waals surface area contributed by atoms with E-state index in [2.05, 4.69) is 10.2 Å². The van der Waals surface area contributed by atoms with E-state index in [1.165, 1.54) is 0 Å². The predicted octanol–water partition coefficient (Wildman–Crippen LogP) is 2.44. The SMILES string of the molecule is CCCC(=O)Nc1ccc(N2CCOCC2)c(C(=O)OCC)c1. The van der Waals surface area contributed by atoms with Gasteiger partial charge >= 0.3 is 5.97 Å². The van der Waals surface area contributed by atoms with Crippen molar-refractivity contribution < 1.29 is 19.1 Å². The second kappa shape index (κ2) is 8.53. The number of hydrogen-bond acceptors (Lipinski definition) is 5. The molecule has 0 atom stereocenters. The van der Waals surface area contributed by atoms with E-state index in [-0.39, 0.29) is 11.9 Å². The van der Waals surface area contributed by atoms with Crippen LogP contribution in [0.2, 0.25) is 0 Å². The molecular weight excluding hydrogens is 296 g/mol. The van der Waals surface area contributed by atoms with E-state index in [1.54, 1.807) is 13.0 Å². The molecule has 6 nitrogen and oxygen atoms in total. The van der Waals surface area contributed by atoms with Crippen molar-refractivity contribution >= 4 is 23.3 Å². The minimum atomic E-state index is -0.374. The monoisotopic (exact) mass is 320 g/mol. The van der Waals surface area contributed by atoms with Crippen LogP contribution in [-0.2, 0) is 14.3 Å². The number of carbonyl (C=O) groups is 2. The quantitative estimate of drug-likeness (QED) is 0.815. The summed E-state index contributed by atoms with van der Waals surface area (Å²) in [4.78, 5) is 26.1. The Kier molecular flexibility index (Phi) is 6.40. The zero-order valence-corrected chi connectivity index (χ0v) is 13.8. The number of morpholine rings is 1. The normalized spacial score (nSPS) is 14.4. The third-order valence-corrected chi connectivity index (χ3v) is 3.60. The summed E-state index contributed by atoms with van der Waals surface area (Å²) in [5.74, 6) is -0.429. The van der Waals surface area contributed by atoms with Gasteiger partial charge in [-0.1, -0.05) is 6.92 Å². The molecule has 126 valence electrons. The molecule has 1 saturated heterocycles. The van der Waals surface area contributed by atoms with Gasteiger partial charge in [-0.05, 0) is 31.5 Å². The van der Waals surface area contributed by atoms with Crippen molar-refractivity contribution in [1.82, 2.24) is 0 Å². The second-order valence-corrected chi connectivity index (χ2v) is 5.35. The van der Waals surface area contributed by atoms with E-state index < -0.39 is 0 Å². The smallest absolute Gasteiger partial charge is 0.340 e.